The van der Waals surface area contributed by atoms with Gasteiger partial charge in [0.1, 0.15) is 5.75 Å². The molecule has 0 atom stereocenters. The average molecular weight is 467 g/mol. The number of anilines is 2. The predicted molar refractivity (Wildman–Crippen MR) is 113 cm³/mol. The van der Waals surface area contributed by atoms with Gasteiger partial charge in [-0.2, -0.15) is 13.2 Å². The van der Waals surface area contributed by atoms with Gasteiger partial charge in [-0.05, 0) is 56.2 Å². The van der Waals surface area contributed by atoms with Crippen molar-refractivity contribution >= 4 is 33.0 Å². The molecule has 4 rings (SSSR count). The van der Waals surface area contributed by atoms with Crippen LogP contribution >= 0.6 is 0 Å². The zero-order chi connectivity index (χ0) is 23.3. The quantitative estimate of drug-likeness (QED) is 0.586. The number of carbonyl (C=O) groups is 1. The maximum absolute atomic E-state index is 13.1. The number of ether oxygens (including phenoxy) is 1. The zero-order valence-corrected chi connectivity index (χ0v) is 17.9. The number of sulfonamides is 1. The minimum atomic E-state index is -4.53. The van der Waals surface area contributed by atoms with Gasteiger partial charge in [0, 0.05) is 17.3 Å². The monoisotopic (exact) mass is 467 g/mol. The van der Waals surface area contributed by atoms with Crippen molar-refractivity contribution in [2.45, 2.75) is 32.2 Å². The Morgan fingerprint density at radius 3 is 2.66 bits per heavy atom. The van der Waals surface area contributed by atoms with Crippen LogP contribution in [0.1, 0.15) is 30.5 Å². The van der Waals surface area contributed by atoms with Crippen molar-refractivity contribution in [2.75, 3.05) is 15.8 Å². The van der Waals surface area contributed by atoms with Crippen LogP contribution in [0.4, 0.5) is 24.5 Å². The van der Waals surface area contributed by atoms with Crippen molar-refractivity contribution in [1.82, 2.24) is 5.32 Å². The van der Waals surface area contributed by atoms with Gasteiger partial charge >= 0.3 is 6.18 Å². The Kier molecular flexibility index (Phi) is 5.11. The molecule has 3 N–H and O–H groups in total. The number of rotatable bonds is 2. The Bertz CT molecular complexity index is 1240. The van der Waals surface area contributed by atoms with Gasteiger partial charge in [-0.25, -0.2) is 8.42 Å². The van der Waals surface area contributed by atoms with Gasteiger partial charge in [-0.3, -0.25) is 9.52 Å². The highest BCUT2D eigenvalue weighted by Crippen LogP contribution is 2.38. The molecule has 0 saturated carbocycles. The van der Waals surface area contributed by atoms with E-state index < -0.39 is 33.4 Å². The molecule has 0 aromatic heterocycles. The Hall–Kier alpha value is -3.21. The normalized spacial score (nSPS) is 19.6. The fourth-order valence-electron chi connectivity index (χ4n) is 3.55. The summed E-state index contributed by atoms with van der Waals surface area (Å²) in [7, 11) is -3.40. The Balaban J connectivity index is 1.61. The van der Waals surface area contributed by atoms with Crippen LogP contribution in [-0.2, 0) is 27.4 Å². The summed E-state index contributed by atoms with van der Waals surface area (Å²) in [5, 5.41) is 5.64. The fourth-order valence-corrected chi connectivity index (χ4v) is 4.67. The first-order valence-corrected chi connectivity index (χ1v) is 11.3. The zero-order valence-electron chi connectivity index (χ0n) is 17.1. The second kappa shape index (κ2) is 7.44. The summed E-state index contributed by atoms with van der Waals surface area (Å²) in [5.74, 6) is -0.544. The number of benzene rings is 2. The van der Waals surface area contributed by atoms with Crippen molar-refractivity contribution in [3.05, 3.63) is 59.2 Å². The minimum Gasteiger partial charge on any atom is -0.468 e. The molecule has 2 aromatic carbocycles. The first-order valence-electron chi connectivity index (χ1n) is 9.66. The standard InChI is InChI=1S/C21H20F3N3O4S/c1-20(2)26-17(15-6-4-13(21(22,23)24)9-18(15)31-20)11-19(28)25-14-5-3-12-7-8-32(29,30)27-16(12)10-14/h3-6,9-11,26-27H,7-8H2,1-2H3,(H,25,28)/b17-11-. The van der Waals surface area contributed by atoms with Crippen molar-refractivity contribution in [2.24, 2.45) is 0 Å². The molecule has 32 heavy (non-hydrogen) atoms. The molecule has 0 fully saturated rings. The Morgan fingerprint density at radius 1 is 1.19 bits per heavy atom. The van der Waals surface area contributed by atoms with Gasteiger partial charge in [-0.1, -0.05) is 6.07 Å². The molecule has 2 heterocycles. The predicted octanol–water partition coefficient (Wildman–Crippen LogP) is 3.70. The number of amides is 1. The molecular weight excluding hydrogens is 447 g/mol. The first kappa shape index (κ1) is 22.0. The van der Waals surface area contributed by atoms with Crippen LogP contribution < -0.4 is 20.1 Å². The van der Waals surface area contributed by atoms with Crippen LogP contribution in [0, 0.1) is 0 Å². The lowest BCUT2D eigenvalue weighted by Gasteiger charge is -2.36. The van der Waals surface area contributed by atoms with E-state index in [2.05, 4.69) is 15.4 Å². The van der Waals surface area contributed by atoms with Gasteiger partial charge in [0.05, 0.1) is 22.7 Å². The number of fused-ring (bicyclic) bond motifs is 2. The van der Waals surface area contributed by atoms with Crippen LogP contribution in [0.2, 0.25) is 0 Å². The lowest BCUT2D eigenvalue weighted by atomic mass is 10.0. The van der Waals surface area contributed by atoms with Crippen LogP contribution in [0.3, 0.4) is 0 Å². The molecule has 2 aliphatic rings. The summed E-state index contributed by atoms with van der Waals surface area (Å²) in [6.45, 7) is 3.25. The summed E-state index contributed by atoms with van der Waals surface area (Å²) in [6, 6.07) is 7.96. The Labute approximate surface area is 182 Å². The number of nitrogens with one attached hydrogen (secondary N) is 3. The van der Waals surface area contributed by atoms with Crippen molar-refractivity contribution in [1.29, 1.82) is 0 Å². The summed E-state index contributed by atoms with van der Waals surface area (Å²) in [5.41, 5.74) is 0.290. The van der Waals surface area contributed by atoms with Crippen LogP contribution in [0.15, 0.2) is 42.5 Å². The summed E-state index contributed by atoms with van der Waals surface area (Å²) < 4.78 is 70.9. The molecule has 0 bridgehead atoms. The maximum Gasteiger partial charge on any atom is 0.416 e. The van der Waals surface area contributed by atoms with Gasteiger partial charge in [0.25, 0.3) is 0 Å². The number of halogens is 3. The smallest absolute Gasteiger partial charge is 0.416 e. The highest BCUT2D eigenvalue weighted by Gasteiger charge is 2.35. The van der Waals surface area contributed by atoms with Crippen LogP contribution in [-0.4, -0.2) is 25.8 Å². The number of alkyl halides is 3. The van der Waals surface area contributed by atoms with Gasteiger partial charge < -0.3 is 15.4 Å². The number of aryl methyl sites for hydroxylation is 1. The largest absolute Gasteiger partial charge is 0.468 e. The number of carbonyl (C=O) groups excluding carboxylic acids is 1. The third-order valence-electron chi connectivity index (χ3n) is 4.96. The highest BCUT2D eigenvalue weighted by atomic mass is 32.2. The van der Waals surface area contributed by atoms with Crippen LogP contribution in [0.25, 0.3) is 5.70 Å². The van der Waals surface area contributed by atoms with Gasteiger partial charge in [-0.15, -0.1) is 0 Å². The van der Waals surface area contributed by atoms with E-state index in [-0.39, 0.29) is 11.5 Å². The molecule has 0 saturated heterocycles. The molecule has 0 aliphatic carbocycles. The van der Waals surface area contributed by atoms with E-state index in [0.717, 1.165) is 17.7 Å². The lowest BCUT2D eigenvalue weighted by Crippen LogP contribution is -2.47. The molecule has 0 unspecified atom stereocenters. The maximum atomic E-state index is 13.1. The molecule has 7 nitrogen and oxygen atoms in total. The highest BCUT2D eigenvalue weighted by molar-refractivity contribution is 7.92. The van der Waals surface area contributed by atoms with E-state index in [1.165, 1.54) is 18.2 Å². The SMILES string of the molecule is CC1(C)N/C(=C\C(=O)Nc2ccc3c(c2)NS(=O)(=O)CC3)c2ccc(C(F)(F)F)cc2O1. The molecule has 2 aliphatic heterocycles. The topological polar surface area (TPSA) is 96.5 Å². The minimum absolute atomic E-state index is 0.00318. The van der Waals surface area contributed by atoms with Gasteiger partial charge in [0.15, 0.2) is 5.72 Å². The third-order valence-corrected chi connectivity index (χ3v) is 6.23. The van der Waals surface area contributed by atoms with Crippen molar-refractivity contribution in [3.8, 4) is 5.75 Å². The second-order valence-corrected chi connectivity index (χ2v) is 9.88. The molecular formula is C21H20F3N3O4S. The van der Waals surface area contributed by atoms with E-state index in [1.807, 2.05) is 0 Å². The number of hydrogen-bond donors (Lipinski definition) is 3. The summed E-state index contributed by atoms with van der Waals surface area (Å²) in [6.07, 6.45) is -2.93. The third kappa shape index (κ3) is 4.67. The average Bonchev–Trinajstić information content (AvgIpc) is 2.64. The van der Waals surface area contributed by atoms with E-state index in [4.69, 9.17) is 4.74 Å². The molecule has 1 amide bonds. The fraction of sp³-hybridized carbons (Fsp3) is 0.286. The van der Waals surface area contributed by atoms with E-state index in [1.54, 1.807) is 26.0 Å². The first-order chi connectivity index (χ1) is 14.8. The molecule has 11 heteroatoms. The summed E-state index contributed by atoms with van der Waals surface area (Å²) >= 11 is 0. The summed E-state index contributed by atoms with van der Waals surface area (Å²) in [4.78, 5) is 12.6. The second-order valence-electron chi connectivity index (χ2n) is 8.04. The van der Waals surface area contributed by atoms with E-state index in [9.17, 15) is 26.4 Å². The molecule has 170 valence electrons. The van der Waals surface area contributed by atoms with Crippen molar-refractivity contribution in [3.63, 3.8) is 0 Å². The Morgan fingerprint density at radius 2 is 1.94 bits per heavy atom. The number of hydrogen-bond acceptors (Lipinski definition) is 5. The molecule has 0 spiro atoms. The molecule has 2 aromatic rings. The van der Waals surface area contributed by atoms with E-state index in [0.29, 0.717) is 29.1 Å². The van der Waals surface area contributed by atoms with Crippen molar-refractivity contribution < 1.29 is 31.1 Å². The molecule has 0 radical (unpaired) electrons. The van der Waals surface area contributed by atoms with Gasteiger partial charge in [0.2, 0.25) is 15.9 Å². The van der Waals surface area contributed by atoms with E-state index >= 15 is 0 Å². The lowest BCUT2D eigenvalue weighted by molar-refractivity contribution is -0.137. The van der Waals surface area contributed by atoms with Crippen LogP contribution in [0.5, 0.6) is 5.75 Å².